The highest BCUT2D eigenvalue weighted by molar-refractivity contribution is 7.99. The van der Waals surface area contributed by atoms with Crippen LogP contribution in [-0.4, -0.2) is 39.1 Å². The van der Waals surface area contributed by atoms with E-state index in [2.05, 4.69) is 15.5 Å². The number of ether oxygens (including phenoxy) is 1. The van der Waals surface area contributed by atoms with E-state index in [-0.39, 0.29) is 29.6 Å². The molecule has 3 heterocycles. The molecule has 1 aliphatic heterocycles. The van der Waals surface area contributed by atoms with E-state index in [0.29, 0.717) is 23.3 Å². The van der Waals surface area contributed by atoms with Crippen molar-refractivity contribution in [2.45, 2.75) is 43.6 Å². The van der Waals surface area contributed by atoms with Crippen molar-refractivity contribution in [2.24, 2.45) is 0 Å². The highest BCUT2D eigenvalue weighted by Gasteiger charge is 2.23. The van der Waals surface area contributed by atoms with Gasteiger partial charge in [0.05, 0.1) is 24.4 Å². The topological polar surface area (TPSA) is 82.2 Å². The van der Waals surface area contributed by atoms with Crippen molar-refractivity contribution >= 4 is 28.6 Å². The summed E-state index contributed by atoms with van der Waals surface area (Å²) in [7, 11) is 0. The number of benzene rings is 2. The van der Waals surface area contributed by atoms with Gasteiger partial charge in [-0.05, 0) is 56.2 Å². The lowest BCUT2D eigenvalue weighted by Gasteiger charge is -2.15. The monoisotopic (exact) mass is 480 g/mol. The van der Waals surface area contributed by atoms with Gasteiger partial charge >= 0.3 is 0 Å². The maximum atomic E-state index is 13.4. The fourth-order valence-corrected chi connectivity index (χ4v) is 4.82. The van der Waals surface area contributed by atoms with Crippen molar-refractivity contribution in [3.8, 4) is 11.4 Å². The third-order valence-electron chi connectivity index (χ3n) is 5.81. The van der Waals surface area contributed by atoms with E-state index in [1.807, 2.05) is 41.8 Å². The smallest absolute Gasteiger partial charge is 0.231 e. The first-order valence-electron chi connectivity index (χ1n) is 11.3. The van der Waals surface area contributed by atoms with Crippen molar-refractivity contribution < 1.29 is 18.3 Å². The largest absolute Gasteiger partial charge is 0.459 e. The fraction of sp³-hybridized carbons (Fsp3) is 0.320. The highest BCUT2D eigenvalue weighted by atomic mass is 32.2. The lowest BCUT2D eigenvalue weighted by atomic mass is 10.2. The molecule has 176 valence electrons. The van der Waals surface area contributed by atoms with Crippen LogP contribution in [0.5, 0.6) is 0 Å². The number of hydrogen-bond donors (Lipinski definition) is 1. The molecular weight excluding hydrogens is 455 g/mol. The first-order valence-corrected chi connectivity index (χ1v) is 12.3. The van der Waals surface area contributed by atoms with Crippen LogP contribution < -0.4 is 5.32 Å². The molecule has 0 aliphatic carbocycles. The number of aromatic nitrogens is 3. The van der Waals surface area contributed by atoms with Gasteiger partial charge in [-0.25, -0.2) is 4.39 Å². The Morgan fingerprint density at radius 1 is 1.24 bits per heavy atom. The molecule has 0 unspecified atom stereocenters. The van der Waals surface area contributed by atoms with Gasteiger partial charge in [-0.1, -0.05) is 30.0 Å². The van der Waals surface area contributed by atoms with E-state index in [4.69, 9.17) is 9.15 Å². The van der Waals surface area contributed by atoms with E-state index < -0.39 is 0 Å². The highest BCUT2D eigenvalue weighted by Crippen LogP contribution is 2.27. The molecule has 1 aliphatic rings. The minimum Gasteiger partial charge on any atom is -0.459 e. The van der Waals surface area contributed by atoms with Crippen LogP contribution in [0.15, 0.2) is 64.2 Å². The summed E-state index contributed by atoms with van der Waals surface area (Å²) < 4.78 is 27.0. The van der Waals surface area contributed by atoms with Crippen LogP contribution >= 0.6 is 11.8 Å². The normalized spacial score (nSPS) is 16.7. The summed E-state index contributed by atoms with van der Waals surface area (Å²) in [5.74, 6) is 1.08. The predicted octanol–water partition coefficient (Wildman–Crippen LogP) is 4.98. The summed E-state index contributed by atoms with van der Waals surface area (Å²) in [5, 5.41) is 13.3. The average Bonchev–Trinajstić information content (AvgIpc) is 3.59. The Hall–Kier alpha value is -3.17. The number of halogens is 1. The molecule has 5 rings (SSSR count). The summed E-state index contributed by atoms with van der Waals surface area (Å²) in [5.41, 5.74) is 1.56. The second kappa shape index (κ2) is 9.99. The van der Waals surface area contributed by atoms with Gasteiger partial charge in [-0.15, -0.1) is 10.2 Å². The molecular formula is C25H25FN4O3S. The number of rotatable bonds is 8. The first-order chi connectivity index (χ1) is 16.6. The molecule has 0 saturated carbocycles. The molecule has 9 heteroatoms. The Morgan fingerprint density at radius 3 is 2.82 bits per heavy atom. The van der Waals surface area contributed by atoms with Crippen molar-refractivity contribution in [1.29, 1.82) is 0 Å². The Kier molecular flexibility index (Phi) is 6.64. The van der Waals surface area contributed by atoms with Gasteiger partial charge in [-0.3, -0.25) is 9.36 Å². The van der Waals surface area contributed by atoms with E-state index in [1.54, 1.807) is 12.1 Å². The standard InChI is InChI=1S/C25H25FN4O3S/c1-16(22-13-18-5-2-3-7-21(18)33-22)27-23(31)15-34-25-29-28-24(17-8-10-19(26)11-9-17)30(25)14-20-6-4-12-32-20/h2-3,5,7-11,13,16,20H,4,6,12,14-15H2,1H3,(H,27,31)/t16-,20+/m0/s1. The van der Waals surface area contributed by atoms with Crippen LogP contribution in [0.25, 0.3) is 22.4 Å². The van der Waals surface area contributed by atoms with Gasteiger partial charge < -0.3 is 14.5 Å². The van der Waals surface area contributed by atoms with Crippen LogP contribution in [-0.2, 0) is 16.1 Å². The second-order valence-electron chi connectivity index (χ2n) is 8.32. The zero-order chi connectivity index (χ0) is 23.5. The maximum absolute atomic E-state index is 13.4. The fourth-order valence-electron chi connectivity index (χ4n) is 4.06. The number of thioether (sulfide) groups is 1. The van der Waals surface area contributed by atoms with Crippen LogP contribution in [0.4, 0.5) is 4.39 Å². The van der Waals surface area contributed by atoms with Crippen LogP contribution in [0, 0.1) is 5.82 Å². The molecule has 1 saturated heterocycles. The molecule has 1 amide bonds. The van der Waals surface area contributed by atoms with Gasteiger partial charge in [0.1, 0.15) is 17.2 Å². The number of carbonyl (C=O) groups is 1. The van der Waals surface area contributed by atoms with Gasteiger partial charge in [-0.2, -0.15) is 0 Å². The number of nitrogens with one attached hydrogen (secondary N) is 1. The lowest BCUT2D eigenvalue weighted by molar-refractivity contribution is -0.119. The van der Waals surface area contributed by atoms with E-state index in [0.717, 1.165) is 36.0 Å². The van der Waals surface area contributed by atoms with Crippen molar-refractivity contribution in [1.82, 2.24) is 20.1 Å². The molecule has 1 N–H and O–H groups in total. The summed E-state index contributed by atoms with van der Waals surface area (Å²) in [6, 6.07) is 15.6. The number of amides is 1. The number of furan rings is 1. The molecule has 0 spiro atoms. The first kappa shape index (κ1) is 22.6. The molecule has 0 radical (unpaired) electrons. The minimum absolute atomic E-state index is 0.0662. The Bertz CT molecular complexity index is 1250. The molecule has 7 nitrogen and oxygen atoms in total. The summed E-state index contributed by atoms with van der Waals surface area (Å²) in [6.45, 7) is 3.22. The molecule has 2 aromatic carbocycles. The zero-order valence-corrected chi connectivity index (χ0v) is 19.6. The average molecular weight is 481 g/mol. The summed E-state index contributed by atoms with van der Waals surface area (Å²) >= 11 is 1.32. The third-order valence-corrected chi connectivity index (χ3v) is 6.78. The Morgan fingerprint density at radius 2 is 2.06 bits per heavy atom. The molecule has 2 atom stereocenters. The Balaban J connectivity index is 1.28. The van der Waals surface area contributed by atoms with Gasteiger partial charge in [0, 0.05) is 17.6 Å². The summed E-state index contributed by atoms with van der Waals surface area (Å²) in [4.78, 5) is 12.7. The van der Waals surface area contributed by atoms with Gasteiger partial charge in [0.15, 0.2) is 11.0 Å². The SMILES string of the molecule is C[C@H](NC(=O)CSc1nnc(-c2ccc(F)cc2)n1C[C@H]1CCCO1)c1cc2ccccc2o1. The van der Waals surface area contributed by atoms with Crippen molar-refractivity contribution in [3.05, 3.63) is 66.2 Å². The number of hydrogen-bond acceptors (Lipinski definition) is 6. The molecule has 0 bridgehead atoms. The lowest BCUT2D eigenvalue weighted by Crippen LogP contribution is -2.28. The second-order valence-corrected chi connectivity index (χ2v) is 9.27. The van der Waals surface area contributed by atoms with Gasteiger partial charge in [0.25, 0.3) is 0 Å². The minimum atomic E-state index is -0.307. The number of nitrogens with zero attached hydrogens (tertiary/aromatic N) is 3. The number of fused-ring (bicyclic) bond motifs is 1. The molecule has 4 aromatic rings. The maximum Gasteiger partial charge on any atom is 0.231 e. The quantitative estimate of drug-likeness (QED) is 0.358. The van der Waals surface area contributed by atoms with Crippen LogP contribution in [0.1, 0.15) is 31.6 Å². The summed E-state index contributed by atoms with van der Waals surface area (Å²) in [6.07, 6.45) is 2.04. The van der Waals surface area contributed by atoms with E-state index in [1.165, 1.54) is 23.9 Å². The molecule has 1 fully saturated rings. The van der Waals surface area contributed by atoms with E-state index in [9.17, 15) is 9.18 Å². The number of carbonyl (C=O) groups excluding carboxylic acids is 1. The van der Waals surface area contributed by atoms with Crippen LogP contribution in [0.3, 0.4) is 0 Å². The third kappa shape index (κ3) is 5.00. The van der Waals surface area contributed by atoms with Gasteiger partial charge in [0.2, 0.25) is 5.91 Å². The Labute approximate surface area is 200 Å². The van der Waals surface area contributed by atoms with Crippen LogP contribution in [0.2, 0.25) is 0 Å². The molecule has 2 aromatic heterocycles. The number of para-hydroxylation sites is 1. The zero-order valence-electron chi connectivity index (χ0n) is 18.7. The predicted molar refractivity (Wildman–Crippen MR) is 128 cm³/mol. The van der Waals surface area contributed by atoms with Crippen molar-refractivity contribution in [2.75, 3.05) is 12.4 Å². The van der Waals surface area contributed by atoms with Crippen molar-refractivity contribution in [3.63, 3.8) is 0 Å². The molecule has 34 heavy (non-hydrogen) atoms. The van der Waals surface area contributed by atoms with E-state index >= 15 is 0 Å².